The highest BCUT2D eigenvalue weighted by Gasteiger charge is 2.34. The van der Waals surface area contributed by atoms with E-state index in [4.69, 9.17) is 32.7 Å². The minimum absolute atomic E-state index is 0.0106. The molecule has 0 saturated heterocycles. The lowest BCUT2D eigenvalue weighted by atomic mass is 10.1. The summed E-state index contributed by atoms with van der Waals surface area (Å²) in [4.78, 5) is 27.7. The van der Waals surface area contributed by atoms with Crippen LogP contribution in [0.2, 0.25) is 10.0 Å². The smallest absolute Gasteiger partial charge is 0.433 e. The number of methoxy groups -OCH3 is 2. The minimum Gasteiger partial charge on any atom is -0.468 e. The van der Waals surface area contributed by atoms with Gasteiger partial charge in [-0.2, -0.15) is 13.2 Å². The fourth-order valence-electron chi connectivity index (χ4n) is 3.30. The second-order valence-corrected chi connectivity index (χ2v) is 7.70. The summed E-state index contributed by atoms with van der Waals surface area (Å²) >= 11 is 12.7. The molecule has 0 atom stereocenters. The van der Waals surface area contributed by atoms with Crippen molar-refractivity contribution in [2.45, 2.75) is 26.1 Å². The summed E-state index contributed by atoms with van der Waals surface area (Å²) in [6.07, 6.45) is -4.66. The molecule has 0 unspecified atom stereocenters. The number of rotatable bonds is 5. The van der Waals surface area contributed by atoms with E-state index < -0.39 is 23.8 Å². The highest BCUT2D eigenvalue weighted by atomic mass is 35.5. The molecular weight excluding hydrogens is 472 g/mol. The van der Waals surface area contributed by atoms with Crippen LogP contribution >= 0.6 is 23.2 Å². The summed E-state index contributed by atoms with van der Waals surface area (Å²) in [7, 11) is 2.37. The molecule has 0 spiro atoms. The van der Waals surface area contributed by atoms with E-state index in [-0.39, 0.29) is 34.2 Å². The standard InChI is InChI=1S/C21H17Cl2F3N2O4/c1-10-6-16(21(24,25)26)27-19-13(10)7-11(28(19)9-17(29)31-2)8-14-15(22)5-4-12(18(14)23)20(30)32-3/h4-7H,8-9H2,1-3H3. The number of hydrogen-bond acceptors (Lipinski definition) is 5. The lowest BCUT2D eigenvalue weighted by molar-refractivity contribution is -0.141. The number of alkyl halides is 3. The van der Waals surface area contributed by atoms with E-state index in [2.05, 4.69) is 4.98 Å². The number of esters is 2. The molecule has 0 aliphatic rings. The van der Waals surface area contributed by atoms with Gasteiger partial charge in [0.05, 0.1) is 24.8 Å². The molecule has 0 amide bonds. The fourth-order valence-corrected chi connectivity index (χ4v) is 3.88. The maximum atomic E-state index is 13.3. The first kappa shape index (κ1) is 23.9. The van der Waals surface area contributed by atoms with E-state index in [0.29, 0.717) is 22.2 Å². The van der Waals surface area contributed by atoms with Crippen LogP contribution in [-0.4, -0.2) is 35.7 Å². The zero-order valence-electron chi connectivity index (χ0n) is 17.1. The molecule has 3 aromatic rings. The number of fused-ring (bicyclic) bond motifs is 1. The molecule has 170 valence electrons. The van der Waals surface area contributed by atoms with Crippen molar-refractivity contribution in [3.8, 4) is 0 Å². The Kier molecular flexibility index (Phi) is 6.71. The lowest BCUT2D eigenvalue weighted by Gasteiger charge is -2.14. The summed E-state index contributed by atoms with van der Waals surface area (Å²) in [5.74, 6) is -1.35. The van der Waals surface area contributed by atoms with Crippen molar-refractivity contribution in [3.63, 3.8) is 0 Å². The number of halogens is 5. The zero-order chi connectivity index (χ0) is 23.8. The molecule has 0 radical (unpaired) electrons. The molecule has 0 bridgehead atoms. The van der Waals surface area contributed by atoms with E-state index in [1.54, 1.807) is 6.07 Å². The first-order valence-corrected chi connectivity index (χ1v) is 9.92. The van der Waals surface area contributed by atoms with Crippen LogP contribution < -0.4 is 0 Å². The molecule has 3 rings (SSSR count). The van der Waals surface area contributed by atoms with Gasteiger partial charge in [0.15, 0.2) is 0 Å². The summed E-state index contributed by atoms with van der Waals surface area (Å²) in [5.41, 5.74) is 0.0478. The van der Waals surface area contributed by atoms with Crippen molar-refractivity contribution < 1.29 is 32.2 Å². The maximum Gasteiger partial charge on any atom is 0.433 e. The molecule has 32 heavy (non-hydrogen) atoms. The number of hydrogen-bond donors (Lipinski definition) is 0. The van der Waals surface area contributed by atoms with Gasteiger partial charge in [-0.3, -0.25) is 4.79 Å². The fraction of sp³-hybridized carbons (Fsp3) is 0.286. The highest BCUT2D eigenvalue weighted by Crippen LogP contribution is 2.35. The van der Waals surface area contributed by atoms with Crippen molar-refractivity contribution in [2.75, 3.05) is 14.2 Å². The SMILES string of the molecule is COC(=O)Cn1c(Cc2c(Cl)ccc(C(=O)OC)c2Cl)cc2c(C)cc(C(F)(F)F)nc21. The highest BCUT2D eigenvalue weighted by molar-refractivity contribution is 6.38. The van der Waals surface area contributed by atoms with Crippen LogP contribution in [0.5, 0.6) is 0 Å². The predicted molar refractivity (Wildman–Crippen MR) is 112 cm³/mol. The van der Waals surface area contributed by atoms with E-state index in [0.717, 1.165) is 6.07 Å². The Hall–Kier alpha value is -2.78. The number of benzene rings is 1. The van der Waals surface area contributed by atoms with Crippen LogP contribution in [0.3, 0.4) is 0 Å². The van der Waals surface area contributed by atoms with Crippen molar-refractivity contribution in [2.24, 2.45) is 0 Å². The maximum absolute atomic E-state index is 13.3. The van der Waals surface area contributed by atoms with E-state index in [1.165, 1.54) is 37.8 Å². The molecule has 1 aromatic carbocycles. The number of pyridine rings is 1. The van der Waals surface area contributed by atoms with Gasteiger partial charge in [-0.25, -0.2) is 9.78 Å². The third-order valence-electron chi connectivity index (χ3n) is 4.91. The van der Waals surface area contributed by atoms with Gasteiger partial charge in [0, 0.05) is 22.5 Å². The van der Waals surface area contributed by atoms with Gasteiger partial charge in [0.2, 0.25) is 0 Å². The number of aromatic nitrogens is 2. The Labute approximate surface area is 190 Å². The molecule has 0 aliphatic heterocycles. The van der Waals surface area contributed by atoms with Gasteiger partial charge in [-0.05, 0) is 42.3 Å². The average Bonchev–Trinajstić information content (AvgIpc) is 3.07. The summed E-state index contributed by atoms with van der Waals surface area (Å²) in [6, 6.07) is 5.42. The molecule has 0 N–H and O–H groups in total. The monoisotopic (exact) mass is 488 g/mol. The summed E-state index contributed by atoms with van der Waals surface area (Å²) < 4.78 is 50.7. The van der Waals surface area contributed by atoms with Crippen LogP contribution in [0.1, 0.15) is 32.9 Å². The number of nitrogens with zero attached hydrogens (tertiary/aromatic N) is 2. The molecule has 0 saturated carbocycles. The van der Waals surface area contributed by atoms with Crippen LogP contribution in [0.15, 0.2) is 24.3 Å². The van der Waals surface area contributed by atoms with Crippen LogP contribution in [0.4, 0.5) is 13.2 Å². The van der Waals surface area contributed by atoms with Crippen LogP contribution in [0.25, 0.3) is 11.0 Å². The quantitative estimate of drug-likeness (QED) is 0.460. The summed E-state index contributed by atoms with van der Waals surface area (Å²) in [5, 5.41) is 0.700. The third kappa shape index (κ3) is 4.54. The number of carbonyl (C=O) groups excluding carboxylic acids is 2. The van der Waals surface area contributed by atoms with Crippen molar-refractivity contribution in [1.29, 1.82) is 0 Å². The van der Waals surface area contributed by atoms with Crippen LogP contribution in [-0.2, 0) is 33.4 Å². The van der Waals surface area contributed by atoms with E-state index >= 15 is 0 Å². The molecule has 6 nitrogen and oxygen atoms in total. The second kappa shape index (κ2) is 8.99. The van der Waals surface area contributed by atoms with Crippen molar-refractivity contribution in [3.05, 3.63) is 62.4 Å². The van der Waals surface area contributed by atoms with Crippen LogP contribution in [0, 0.1) is 6.92 Å². The topological polar surface area (TPSA) is 70.4 Å². The summed E-state index contributed by atoms with van der Waals surface area (Å²) in [6.45, 7) is 1.14. The Morgan fingerprint density at radius 1 is 1.12 bits per heavy atom. The largest absolute Gasteiger partial charge is 0.468 e. The molecule has 11 heteroatoms. The van der Waals surface area contributed by atoms with Crippen molar-refractivity contribution in [1.82, 2.24) is 9.55 Å². The van der Waals surface area contributed by atoms with Gasteiger partial charge in [0.25, 0.3) is 0 Å². The first-order chi connectivity index (χ1) is 15.0. The Bertz CT molecular complexity index is 1220. The van der Waals surface area contributed by atoms with Gasteiger partial charge >= 0.3 is 18.1 Å². The van der Waals surface area contributed by atoms with E-state index in [1.807, 2.05) is 0 Å². The Morgan fingerprint density at radius 2 is 1.81 bits per heavy atom. The Morgan fingerprint density at radius 3 is 2.41 bits per heavy atom. The third-order valence-corrected chi connectivity index (χ3v) is 5.70. The van der Waals surface area contributed by atoms with E-state index in [9.17, 15) is 22.8 Å². The van der Waals surface area contributed by atoms with Gasteiger partial charge in [0.1, 0.15) is 17.9 Å². The molecule has 2 heterocycles. The molecule has 0 fully saturated rings. The van der Waals surface area contributed by atoms with Gasteiger partial charge < -0.3 is 14.0 Å². The predicted octanol–water partition coefficient (Wildman–Crippen LogP) is 5.22. The second-order valence-electron chi connectivity index (χ2n) is 6.91. The molecule has 0 aliphatic carbocycles. The number of aryl methyl sites for hydroxylation is 1. The van der Waals surface area contributed by atoms with Gasteiger partial charge in [-0.1, -0.05) is 23.2 Å². The molecular formula is C21H17Cl2F3N2O4. The molecule has 2 aromatic heterocycles. The number of ether oxygens (including phenoxy) is 2. The number of carbonyl (C=O) groups is 2. The zero-order valence-corrected chi connectivity index (χ0v) is 18.7. The minimum atomic E-state index is -4.67. The Balaban J connectivity index is 2.23. The average molecular weight is 489 g/mol. The first-order valence-electron chi connectivity index (χ1n) is 9.16. The normalized spacial score (nSPS) is 11.6. The lowest BCUT2D eigenvalue weighted by Crippen LogP contribution is -2.16. The van der Waals surface area contributed by atoms with Crippen molar-refractivity contribution >= 4 is 46.2 Å². The van der Waals surface area contributed by atoms with Gasteiger partial charge in [-0.15, -0.1) is 0 Å².